The van der Waals surface area contributed by atoms with E-state index in [1.165, 1.54) is 12.1 Å². The predicted molar refractivity (Wildman–Crippen MR) is 142 cm³/mol. The molecule has 1 aromatic heterocycles. The zero-order valence-electron chi connectivity index (χ0n) is 20.1. The van der Waals surface area contributed by atoms with E-state index in [0.717, 1.165) is 32.5 Å². The number of halogens is 2. The lowest BCUT2D eigenvalue weighted by Crippen LogP contribution is -2.49. The standard InChI is InChI=1S/C26H26ClFN4O3S/c1-4-21(33)30-7-9-31(10-8-30)25-18-11-15(2)22(16-5-6-20(28)19(27)12-16)24-23(18)32(26(34)29-25)13-17(35-3)14-36-24/h4-6,11-12,17H,1,7-10,13-14H2,2-3H3/t17-/m1/s1. The summed E-state index contributed by atoms with van der Waals surface area (Å²) in [5.74, 6) is 0.683. The van der Waals surface area contributed by atoms with Crippen molar-refractivity contribution in [1.29, 1.82) is 0 Å². The first-order chi connectivity index (χ1) is 17.3. The SMILES string of the molecule is C=CC(=O)N1CCN(c2nc(=O)n3c4c(c(-c5ccc(F)c(Cl)c5)c(C)cc24)SC[C@H](OC)C3)CC1. The monoisotopic (exact) mass is 528 g/mol. The van der Waals surface area contributed by atoms with E-state index < -0.39 is 5.82 Å². The molecule has 0 unspecified atom stereocenters. The molecular formula is C26H26ClFN4O3S. The van der Waals surface area contributed by atoms with Crippen LogP contribution in [-0.4, -0.2) is 65.5 Å². The van der Waals surface area contributed by atoms with Gasteiger partial charge < -0.3 is 14.5 Å². The van der Waals surface area contributed by atoms with E-state index in [-0.39, 0.29) is 22.7 Å². The number of carbonyl (C=O) groups excluding carboxylic acids is 1. The molecule has 0 spiro atoms. The summed E-state index contributed by atoms with van der Waals surface area (Å²) in [6.07, 6.45) is 1.15. The molecule has 0 aliphatic carbocycles. The molecule has 0 N–H and O–H groups in total. The van der Waals surface area contributed by atoms with Gasteiger partial charge in [-0.25, -0.2) is 9.18 Å². The Labute approximate surface area is 217 Å². The number of hydrogen-bond donors (Lipinski definition) is 0. The first-order valence-electron chi connectivity index (χ1n) is 11.7. The van der Waals surface area contributed by atoms with Crippen molar-refractivity contribution in [1.82, 2.24) is 14.5 Å². The Kier molecular flexibility index (Phi) is 6.80. The van der Waals surface area contributed by atoms with E-state index in [0.29, 0.717) is 44.3 Å². The summed E-state index contributed by atoms with van der Waals surface area (Å²) in [6.45, 7) is 8.12. The number of aromatic nitrogens is 2. The van der Waals surface area contributed by atoms with Gasteiger partial charge in [0.25, 0.3) is 0 Å². The maximum Gasteiger partial charge on any atom is 0.350 e. The van der Waals surface area contributed by atoms with Crippen LogP contribution >= 0.6 is 23.4 Å². The van der Waals surface area contributed by atoms with Crippen molar-refractivity contribution in [3.63, 3.8) is 0 Å². The van der Waals surface area contributed by atoms with Gasteiger partial charge in [-0.05, 0) is 42.3 Å². The molecule has 7 nitrogen and oxygen atoms in total. The third-order valence-corrected chi connectivity index (χ3v) is 8.32. The molecule has 2 aliphatic rings. The van der Waals surface area contributed by atoms with Crippen LogP contribution in [0.25, 0.3) is 22.0 Å². The van der Waals surface area contributed by atoms with Crippen LogP contribution < -0.4 is 10.6 Å². The van der Waals surface area contributed by atoms with E-state index in [2.05, 4.69) is 16.5 Å². The molecule has 1 atom stereocenters. The summed E-state index contributed by atoms with van der Waals surface area (Å²) in [6, 6.07) is 6.74. The summed E-state index contributed by atoms with van der Waals surface area (Å²) >= 11 is 7.76. The Balaban J connectivity index is 1.71. The van der Waals surface area contributed by atoms with Gasteiger partial charge in [-0.1, -0.05) is 24.2 Å². The van der Waals surface area contributed by atoms with Gasteiger partial charge in [0.1, 0.15) is 11.6 Å². The number of methoxy groups -OCH3 is 1. The molecule has 0 radical (unpaired) electrons. The van der Waals surface area contributed by atoms with Gasteiger partial charge in [-0.15, -0.1) is 11.8 Å². The number of amides is 1. The third kappa shape index (κ3) is 4.29. The first kappa shape index (κ1) is 24.8. The number of aryl methyl sites for hydroxylation is 1. The number of hydrogen-bond acceptors (Lipinski definition) is 6. The number of piperazine rings is 1. The largest absolute Gasteiger partial charge is 0.379 e. The Hall–Kier alpha value is -2.88. The average Bonchev–Trinajstić information content (AvgIpc) is 3.08. The quantitative estimate of drug-likeness (QED) is 0.475. The highest BCUT2D eigenvalue weighted by Gasteiger charge is 2.29. The lowest BCUT2D eigenvalue weighted by atomic mass is 9.97. The summed E-state index contributed by atoms with van der Waals surface area (Å²) in [4.78, 5) is 34.7. The summed E-state index contributed by atoms with van der Waals surface area (Å²) < 4.78 is 21.3. The predicted octanol–water partition coefficient (Wildman–Crippen LogP) is 4.12. The fraction of sp³-hybridized carbons (Fsp3) is 0.346. The molecular weight excluding hydrogens is 503 g/mol. The molecule has 2 aliphatic heterocycles. The van der Waals surface area contributed by atoms with Crippen molar-refractivity contribution in [2.75, 3.05) is 43.9 Å². The highest BCUT2D eigenvalue weighted by atomic mass is 35.5. The molecule has 1 fully saturated rings. The van der Waals surface area contributed by atoms with Gasteiger partial charge >= 0.3 is 5.69 Å². The van der Waals surface area contributed by atoms with Gasteiger partial charge in [-0.2, -0.15) is 4.98 Å². The molecule has 10 heteroatoms. The van der Waals surface area contributed by atoms with Crippen molar-refractivity contribution in [3.05, 3.63) is 63.8 Å². The van der Waals surface area contributed by atoms with Gasteiger partial charge in [0, 0.05) is 54.9 Å². The zero-order chi connectivity index (χ0) is 25.6. The molecule has 0 bridgehead atoms. The van der Waals surface area contributed by atoms with Gasteiger partial charge in [0.05, 0.1) is 23.2 Å². The molecule has 1 amide bonds. The first-order valence-corrected chi connectivity index (χ1v) is 13.0. The normalized spacial score (nSPS) is 17.8. The lowest BCUT2D eigenvalue weighted by molar-refractivity contribution is -0.126. The Bertz CT molecular complexity index is 1440. The van der Waals surface area contributed by atoms with Crippen molar-refractivity contribution < 1.29 is 13.9 Å². The molecule has 0 saturated carbocycles. The number of thioether (sulfide) groups is 1. The summed E-state index contributed by atoms with van der Waals surface area (Å²) in [7, 11) is 1.64. The minimum atomic E-state index is -0.478. The maximum atomic E-state index is 14.0. The van der Waals surface area contributed by atoms with Crippen molar-refractivity contribution >= 4 is 46.0 Å². The second-order valence-corrected chi connectivity index (χ2v) is 10.4. The minimum Gasteiger partial charge on any atom is -0.379 e. The topological polar surface area (TPSA) is 67.7 Å². The smallest absolute Gasteiger partial charge is 0.350 e. The van der Waals surface area contributed by atoms with Crippen molar-refractivity contribution in [2.45, 2.75) is 24.5 Å². The third-order valence-electron chi connectivity index (χ3n) is 6.80. The molecule has 36 heavy (non-hydrogen) atoms. The van der Waals surface area contributed by atoms with Crippen LogP contribution in [0.2, 0.25) is 5.02 Å². The number of anilines is 1. The fourth-order valence-corrected chi connectivity index (χ4v) is 6.48. The number of ether oxygens (including phenoxy) is 1. The van der Waals surface area contributed by atoms with Gasteiger partial charge in [0.15, 0.2) is 0 Å². The molecule has 1 saturated heterocycles. The van der Waals surface area contributed by atoms with Crippen molar-refractivity contribution in [2.24, 2.45) is 0 Å². The lowest BCUT2D eigenvalue weighted by Gasteiger charge is -2.35. The molecule has 3 aromatic rings. The van der Waals surface area contributed by atoms with Crippen LogP contribution in [0.5, 0.6) is 0 Å². The Morgan fingerprint density at radius 2 is 2.03 bits per heavy atom. The highest BCUT2D eigenvalue weighted by molar-refractivity contribution is 7.99. The van der Waals surface area contributed by atoms with E-state index in [9.17, 15) is 14.0 Å². The van der Waals surface area contributed by atoms with Gasteiger partial charge in [0.2, 0.25) is 5.91 Å². The maximum absolute atomic E-state index is 14.0. The van der Waals surface area contributed by atoms with Crippen LogP contribution in [0.3, 0.4) is 0 Å². The molecule has 5 rings (SSSR count). The van der Waals surface area contributed by atoms with E-state index >= 15 is 0 Å². The Morgan fingerprint density at radius 3 is 2.69 bits per heavy atom. The van der Waals surface area contributed by atoms with Crippen LogP contribution in [0.15, 0.2) is 46.6 Å². The average molecular weight is 529 g/mol. The minimum absolute atomic E-state index is 0.0485. The molecule has 3 heterocycles. The Morgan fingerprint density at radius 1 is 1.28 bits per heavy atom. The summed E-state index contributed by atoms with van der Waals surface area (Å²) in [5.41, 5.74) is 3.11. The van der Waals surface area contributed by atoms with Crippen LogP contribution in [0.1, 0.15) is 5.56 Å². The van der Waals surface area contributed by atoms with E-state index in [1.54, 1.807) is 40.5 Å². The number of carbonyl (C=O) groups is 1. The second kappa shape index (κ2) is 9.88. The van der Waals surface area contributed by atoms with Crippen LogP contribution in [0.4, 0.5) is 10.2 Å². The zero-order valence-corrected chi connectivity index (χ0v) is 21.7. The van der Waals surface area contributed by atoms with Gasteiger partial charge in [-0.3, -0.25) is 9.36 Å². The fourth-order valence-electron chi connectivity index (χ4n) is 4.93. The van der Waals surface area contributed by atoms with E-state index in [1.807, 2.05) is 13.0 Å². The molecule has 188 valence electrons. The van der Waals surface area contributed by atoms with E-state index in [4.69, 9.17) is 16.3 Å². The van der Waals surface area contributed by atoms with Crippen LogP contribution in [0, 0.1) is 12.7 Å². The van der Waals surface area contributed by atoms with Crippen LogP contribution in [-0.2, 0) is 16.1 Å². The van der Waals surface area contributed by atoms with Crippen molar-refractivity contribution in [3.8, 4) is 11.1 Å². The number of rotatable bonds is 4. The number of nitrogens with zero attached hydrogens (tertiary/aromatic N) is 4. The molecule has 2 aromatic carbocycles. The number of benzene rings is 2. The second-order valence-electron chi connectivity index (χ2n) is 8.94. The summed E-state index contributed by atoms with van der Waals surface area (Å²) in [5, 5.41) is 0.916. The highest BCUT2D eigenvalue weighted by Crippen LogP contribution is 2.44.